The molecule has 1 aromatic heterocycles. The molecule has 0 bridgehead atoms. The second kappa shape index (κ2) is 4.94. The van der Waals surface area contributed by atoms with Crippen LogP contribution in [0, 0.1) is 3.57 Å². The van der Waals surface area contributed by atoms with Crippen molar-refractivity contribution in [2.75, 3.05) is 12.3 Å². The molecule has 2 rings (SSSR count). The summed E-state index contributed by atoms with van der Waals surface area (Å²) in [6.07, 6.45) is -4.04. The first kappa shape index (κ1) is 14.6. The molecule has 1 aromatic rings. The van der Waals surface area contributed by atoms with Gasteiger partial charge in [-0.15, -0.1) is 0 Å². The molecule has 0 aliphatic carbocycles. The van der Waals surface area contributed by atoms with E-state index in [-0.39, 0.29) is 9.39 Å². The number of rotatable bonds is 2. The van der Waals surface area contributed by atoms with Gasteiger partial charge in [0.05, 0.1) is 10.2 Å². The van der Waals surface area contributed by atoms with E-state index in [9.17, 15) is 19.4 Å². The normalized spacial score (nSPS) is 34.7. The highest BCUT2D eigenvalue weighted by molar-refractivity contribution is 14.1. The zero-order valence-electron chi connectivity index (χ0n) is 9.40. The lowest BCUT2D eigenvalue weighted by atomic mass is 10.1. The first-order chi connectivity index (χ1) is 8.81. The van der Waals surface area contributed by atoms with Crippen molar-refractivity contribution in [3.05, 3.63) is 20.3 Å². The van der Waals surface area contributed by atoms with Gasteiger partial charge in [-0.1, -0.05) is 0 Å². The summed E-state index contributed by atoms with van der Waals surface area (Å²) >= 11 is 1.72. The molecule has 0 saturated carbocycles. The Morgan fingerprint density at radius 3 is 2.79 bits per heavy atom. The third-order valence-electron chi connectivity index (χ3n) is 2.80. The van der Waals surface area contributed by atoms with Crippen LogP contribution in [-0.2, 0) is 10.7 Å². The molecule has 1 fully saturated rings. The SMILES string of the molecule is Nc1nc(=O)n(C2(F)O[C@@H](CO)[C@H](O)[C@H]2O)cc1I. The van der Waals surface area contributed by atoms with Crippen LogP contribution in [0.15, 0.2) is 11.0 Å². The Labute approximate surface area is 119 Å². The number of alkyl halides is 1. The number of nitrogens with two attached hydrogens (primary N) is 1. The number of ether oxygens (including phenoxy) is 1. The highest BCUT2D eigenvalue weighted by atomic mass is 127. The van der Waals surface area contributed by atoms with E-state index in [1.165, 1.54) is 0 Å². The van der Waals surface area contributed by atoms with Gasteiger partial charge in [0.2, 0.25) is 0 Å². The van der Waals surface area contributed by atoms with Crippen LogP contribution in [-0.4, -0.2) is 49.8 Å². The predicted octanol–water partition coefficient (Wildman–Crippen LogP) is -1.88. The van der Waals surface area contributed by atoms with Gasteiger partial charge in [-0.25, -0.2) is 9.36 Å². The maximum atomic E-state index is 14.6. The molecule has 1 saturated heterocycles. The molecule has 106 valence electrons. The van der Waals surface area contributed by atoms with E-state index < -0.39 is 36.6 Å². The number of nitrogens with zero attached hydrogens (tertiary/aromatic N) is 2. The Hall–Kier alpha value is -0.820. The lowest BCUT2D eigenvalue weighted by Gasteiger charge is -2.25. The number of anilines is 1. The summed E-state index contributed by atoms with van der Waals surface area (Å²) in [5.41, 5.74) is 4.32. The molecule has 2 heterocycles. The zero-order valence-corrected chi connectivity index (χ0v) is 11.6. The number of aliphatic hydroxyl groups is 3. The third-order valence-corrected chi connectivity index (χ3v) is 3.63. The van der Waals surface area contributed by atoms with Crippen LogP contribution in [0.4, 0.5) is 10.2 Å². The van der Waals surface area contributed by atoms with Gasteiger partial charge in [-0.05, 0) is 22.6 Å². The number of halogens is 2. The van der Waals surface area contributed by atoms with Crippen molar-refractivity contribution in [1.29, 1.82) is 0 Å². The fraction of sp³-hybridized carbons (Fsp3) is 0.556. The van der Waals surface area contributed by atoms with Crippen LogP contribution in [0.2, 0.25) is 0 Å². The van der Waals surface area contributed by atoms with E-state index in [1.54, 1.807) is 22.6 Å². The molecule has 1 aliphatic rings. The van der Waals surface area contributed by atoms with Crippen molar-refractivity contribution in [3.63, 3.8) is 0 Å². The third kappa shape index (κ3) is 2.23. The van der Waals surface area contributed by atoms with Crippen LogP contribution in [0.25, 0.3) is 0 Å². The Kier molecular flexibility index (Phi) is 3.79. The second-order valence-electron chi connectivity index (χ2n) is 4.01. The van der Waals surface area contributed by atoms with Crippen LogP contribution in [0.5, 0.6) is 0 Å². The van der Waals surface area contributed by atoms with Crippen molar-refractivity contribution >= 4 is 28.4 Å². The van der Waals surface area contributed by atoms with Crippen LogP contribution < -0.4 is 11.4 Å². The number of nitrogen functional groups attached to an aromatic ring is 1. The molecule has 0 aromatic carbocycles. The minimum absolute atomic E-state index is 0.0859. The Morgan fingerprint density at radius 2 is 2.26 bits per heavy atom. The topological polar surface area (TPSA) is 131 Å². The van der Waals surface area contributed by atoms with Gasteiger partial charge in [0.25, 0.3) is 0 Å². The maximum Gasteiger partial charge on any atom is 0.354 e. The molecule has 10 heteroatoms. The fourth-order valence-corrected chi connectivity index (χ4v) is 2.17. The summed E-state index contributed by atoms with van der Waals surface area (Å²) in [6, 6.07) is 0. The van der Waals surface area contributed by atoms with Gasteiger partial charge in [0.15, 0.2) is 6.10 Å². The quantitative estimate of drug-likeness (QED) is 0.437. The molecular formula is C9H11FIN3O5. The first-order valence-corrected chi connectivity index (χ1v) is 6.28. The van der Waals surface area contributed by atoms with Crippen LogP contribution in [0.1, 0.15) is 0 Å². The van der Waals surface area contributed by atoms with E-state index in [4.69, 9.17) is 15.6 Å². The van der Waals surface area contributed by atoms with E-state index in [0.717, 1.165) is 6.20 Å². The Bertz CT molecular complexity index is 555. The number of aliphatic hydroxyl groups excluding tert-OH is 3. The second-order valence-corrected chi connectivity index (χ2v) is 5.17. The minimum atomic E-state index is -3.01. The molecule has 0 spiro atoms. The molecule has 4 atom stereocenters. The molecule has 5 N–H and O–H groups in total. The van der Waals surface area contributed by atoms with Crippen molar-refractivity contribution < 1.29 is 24.4 Å². The summed E-state index contributed by atoms with van der Waals surface area (Å²) in [4.78, 5) is 15.0. The number of aromatic nitrogens is 2. The average molecular weight is 387 g/mol. The standard InChI is InChI=1S/C9H11FIN3O5/c10-9(6(17)5(16)4(2-15)19-9)14-1-3(11)7(12)13-8(14)18/h1,4-6,15-17H,2H2,(H2,12,13,18)/t4-,5-,6+,9?/m0/s1. The summed E-state index contributed by atoms with van der Waals surface area (Å²) in [5.74, 6) is -3.10. The Balaban J connectivity index is 2.52. The molecule has 1 aliphatic heterocycles. The highest BCUT2D eigenvalue weighted by Gasteiger charge is 2.57. The van der Waals surface area contributed by atoms with Crippen molar-refractivity contribution in [1.82, 2.24) is 9.55 Å². The van der Waals surface area contributed by atoms with Gasteiger partial charge in [-0.2, -0.15) is 9.37 Å². The number of hydrogen-bond acceptors (Lipinski definition) is 7. The smallest absolute Gasteiger partial charge is 0.354 e. The molecule has 1 unspecified atom stereocenters. The molecule has 0 radical (unpaired) electrons. The van der Waals surface area contributed by atoms with Crippen LogP contribution >= 0.6 is 22.6 Å². The lowest BCUT2D eigenvalue weighted by Crippen LogP contribution is -2.47. The van der Waals surface area contributed by atoms with E-state index in [2.05, 4.69) is 4.98 Å². The lowest BCUT2D eigenvalue weighted by molar-refractivity contribution is -0.239. The predicted molar refractivity (Wildman–Crippen MR) is 68.7 cm³/mol. The van der Waals surface area contributed by atoms with Gasteiger partial charge in [0.1, 0.15) is 18.0 Å². The van der Waals surface area contributed by atoms with Gasteiger partial charge >= 0.3 is 11.7 Å². The first-order valence-electron chi connectivity index (χ1n) is 5.20. The minimum Gasteiger partial charge on any atom is -0.394 e. The average Bonchev–Trinajstić information content (AvgIpc) is 2.59. The molecule has 8 nitrogen and oxygen atoms in total. The number of hydrogen-bond donors (Lipinski definition) is 4. The summed E-state index contributed by atoms with van der Waals surface area (Å²) < 4.78 is 20.0. The largest absolute Gasteiger partial charge is 0.394 e. The van der Waals surface area contributed by atoms with Gasteiger partial charge in [-0.3, -0.25) is 0 Å². The van der Waals surface area contributed by atoms with Crippen molar-refractivity contribution in [3.8, 4) is 0 Å². The van der Waals surface area contributed by atoms with Crippen LogP contribution in [0.3, 0.4) is 0 Å². The van der Waals surface area contributed by atoms with Gasteiger partial charge in [0, 0.05) is 6.20 Å². The van der Waals surface area contributed by atoms with E-state index in [0.29, 0.717) is 4.57 Å². The zero-order chi connectivity index (χ0) is 14.4. The van der Waals surface area contributed by atoms with E-state index in [1.807, 2.05) is 0 Å². The highest BCUT2D eigenvalue weighted by Crippen LogP contribution is 2.36. The molecule has 0 amide bonds. The summed E-state index contributed by atoms with van der Waals surface area (Å²) in [5, 5.41) is 28.1. The monoisotopic (exact) mass is 387 g/mol. The summed E-state index contributed by atoms with van der Waals surface area (Å²) in [7, 11) is 0. The Morgan fingerprint density at radius 1 is 1.63 bits per heavy atom. The van der Waals surface area contributed by atoms with Crippen molar-refractivity contribution in [2.45, 2.75) is 24.3 Å². The maximum absolute atomic E-state index is 14.6. The molecule has 19 heavy (non-hydrogen) atoms. The van der Waals surface area contributed by atoms with Crippen molar-refractivity contribution in [2.24, 2.45) is 0 Å². The fourth-order valence-electron chi connectivity index (χ4n) is 1.77. The van der Waals surface area contributed by atoms with E-state index >= 15 is 0 Å². The summed E-state index contributed by atoms with van der Waals surface area (Å²) in [6.45, 7) is -0.710. The molecular weight excluding hydrogens is 376 g/mol. The van der Waals surface area contributed by atoms with Gasteiger partial charge < -0.3 is 25.8 Å².